The molecule has 106 valence electrons. The van der Waals surface area contributed by atoms with Crippen LogP contribution in [0.1, 0.15) is 11.9 Å². The molecule has 0 amide bonds. The van der Waals surface area contributed by atoms with Crippen molar-refractivity contribution in [2.24, 2.45) is 0 Å². The fourth-order valence-electron chi connectivity index (χ4n) is 1.83. The van der Waals surface area contributed by atoms with Crippen LogP contribution in [-0.2, 0) is 15.1 Å². The molecule has 2 rings (SSSR count). The summed E-state index contributed by atoms with van der Waals surface area (Å²) in [5.74, 6) is 0.368. The first-order valence-corrected chi connectivity index (χ1v) is 6.88. The largest absolute Gasteiger partial charge is 0.497 e. The minimum atomic E-state index is -1.02. The van der Waals surface area contributed by atoms with Gasteiger partial charge in [0.1, 0.15) is 10.8 Å². The zero-order valence-electron chi connectivity index (χ0n) is 11.5. The molecule has 20 heavy (non-hydrogen) atoms. The molecule has 0 spiro atoms. The summed E-state index contributed by atoms with van der Waals surface area (Å²) in [4.78, 5) is 16.3. The first-order chi connectivity index (χ1) is 9.60. The number of hydrogen-bond acceptors (Lipinski definition) is 6. The number of thiazole rings is 1. The Morgan fingerprint density at radius 2 is 2.00 bits per heavy atom. The number of carbonyl (C=O) groups is 1. The molecule has 0 bridgehead atoms. The van der Waals surface area contributed by atoms with Crippen LogP contribution in [0.25, 0.3) is 0 Å². The van der Waals surface area contributed by atoms with Crippen LogP contribution in [-0.4, -0.2) is 25.2 Å². The van der Waals surface area contributed by atoms with Gasteiger partial charge in [-0.1, -0.05) is 0 Å². The molecule has 0 fully saturated rings. The Morgan fingerprint density at radius 3 is 2.50 bits per heavy atom. The molecule has 0 saturated heterocycles. The Balaban J connectivity index is 2.30. The molecular formula is C14H16N2O3S. The number of benzene rings is 1. The van der Waals surface area contributed by atoms with Crippen LogP contribution in [0.2, 0.25) is 0 Å². The Kier molecular flexibility index (Phi) is 4.24. The zero-order chi connectivity index (χ0) is 14.6. The van der Waals surface area contributed by atoms with Crippen LogP contribution in [0.4, 0.5) is 5.69 Å². The quantitative estimate of drug-likeness (QED) is 0.858. The van der Waals surface area contributed by atoms with Gasteiger partial charge >= 0.3 is 5.97 Å². The lowest BCUT2D eigenvalue weighted by Gasteiger charge is -2.27. The molecule has 0 aliphatic heterocycles. The fourth-order valence-corrected chi connectivity index (χ4v) is 2.57. The Hall–Kier alpha value is -2.08. The molecule has 1 N–H and O–H groups in total. The van der Waals surface area contributed by atoms with Gasteiger partial charge in [0, 0.05) is 17.3 Å². The maximum atomic E-state index is 12.1. The molecule has 1 aromatic heterocycles. The second kappa shape index (κ2) is 5.92. The van der Waals surface area contributed by atoms with Gasteiger partial charge < -0.3 is 14.8 Å². The molecule has 0 aliphatic rings. The minimum absolute atomic E-state index is 0.386. The summed E-state index contributed by atoms with van der Waals surface area (Å²) >= 11 is 1.40. The summed E-state index contributed by atoms with van der Waals surface area (Å²) in [7, 11) is 2.97. The van der Waals surface area contributed by atoms with E-state index in [2.05, 4.69) is 10.3 Å². The van der Waals surface area contributed by atoms with Crippen molar-refractivity contribution in [3.63, 3.8) is 0 Å². The second-order valence-corrected chi connectivity index (χ2v) is 5.20. The molecule has 0 aliphatic carbocycles. The van der Waals surface area contributed by atoms with Crippen LogP contribution in [0.5, 0.6) is 5.75 Å². The number of nitrogens with zero attached hydrogens (tertiary/aromatic N) is 1. The van der Waals surface area contributed by atoms with Gasteiger partial charge in [0.2, 0.25) is 0 Å². The first kappa shape index (κ1) is 14.3. The SMILES string of the molecule is COC(=O)C(C)(Nc1ccc(OC)cc1)c1nccs1. The van der Waals surface area contributed by atoms with Crippen molar-refractivity contribution < 1.29 is 14.3 Å². The number of hydrogen-bond donors (Lipinski definition) is 1. The maximum absolute atomic E-state index is 12.1. The van der Waals surface area contributed by atoms with Gasteiger partial charge in [-0.15, -0.1) is 11.3 Å². The normalized spacial score (nSPS) is 13.3. The van der Waals surface area contributed by atoms with Crippen LogP contribution >= 0.6 is 11.3 Å². The van der Waals surface area contributed by atoms with Crippen LogP contribution in [0.15, 0.2) is 35.8 Å². The van der Waals surface area contributed by atoms with E-state index in [0.717, 1.165) is 11.4 Å². The van der Waals surface area contributed by atoms with E-state index >= 15 is 0 Å². The van der Waals surface area contributed by atoms with Crippen LogP contribution in [0.3, 0.4) is 0 Å². The van der Waals surface area contributed by atoms with Crippen molar-refractivity contribution in [1.82, 2.24) is 4.98 Å². The molecule has 1 unspecified atom stereocenters. The molecule has 0 radical (unpaired) electrons. The van der Waals surface area contributed by atoms with E-state index in [9.17, 15) is 4.79 Å². The van der Waals surface area contributed by atoms with Crippen LogP contribution in [0, 0.1) is 0 Å². The topological polar surface area (TPSA) is 60.5 Å². The number of ether oxygens (including phenoxy) is 2. The van der Waals surface area contributed by atoms with E-state index in [4.69, 9.17) is 9.47 Å². The molecule has 2 aromatic rings. The maximum Gasteiger partial charge on any atom is 0.338 e. The third-order valence-electron chi connectivity index (χ3n) is 2.94. The average molecular weight is 292 g/mol. The molecular weight excluding hydrogens is 276 g/mol. The van der Waals surface area contributed by atoms with E-state index in [-0.39, 0.29) is 5.97 Å². The highest BCUT2D eigenvalue weighted by Crippen LogP contribution is 2.29. The van der Waals surface area contributed by atoms with Gasteiger partial charge in [-0.25, -0.2) is 9.78 Å². The number of aromatic nitrogens is 1. The summed E-state index contributed by atoms with van der Waals surface area (Å²) in [5, 5.41) is 5.66. The number of rotatable bonds is 5. The number of nitrogens with one attached hydrogen (secondary N) is 1. The third kappa shape index (κ3) is 2.75. The fraction of sp³-hybridized carbons (Fsp3) is 0.286. The predicted molar refractivity (Wildman–Crippen MR) is 78.1 cm³/mol. The van der Waals surface area contributed by atoms with E-state index in [0.29, 0.717) is 5.01 Å². The number of anilines is 1. The van der Waals surface area contributed by atoms with Crippen molar-refractivity contribution in [3.8, 4) is 5.75 Å². The van der Waals surface area contributed by atoms with Crippen molar-refractivity contribution in [2.45, 2.75) is 12.5 Å². The van der Waals surface area contributed by atoms with E-state index in [1.165, 1.54) is 18.4 Å². The summed E-state index contributed by atoms with van der Waals surface area (Å²) in [6.45, 7) is 1.75. The highest BCUT2D eigenvalue weighted by molar-refractivity contribution is 7.09. The molecule has 0 saturated carbocycles. The molecule has 1 atom stereocenters. The average Bonchev–Trinajstić information content (AvgIpc) is 3.02. The lowest BCUT2D eigenvalue weighted by Crippen LogP contribution is -2.41. The molecule has 1 aromatic carbocycles. The predicted octanol–water partition coefficient (Wildman–Crippen LogP) is 2.65. The standard InChI is InChI=1S/C14H16N2O3S/c1-14(13(17)19-3,12-15-8-9-20-12)16-10-4-6-11(18-2)7-5-10/h4-9,16H,1-3H3. The lowest BCUT2D eigenvalue weighted by molar-refractivity contribution is -0.145. The second-order valence-electron chi connectivity index (χ2n) is 4.31. The van der Waals surface area contributed by atoms with Crippen molar-refractivity contribution in [2.75, 3.05) is 19.5 Å². The van der Waals surface area contributed by atoms with Gasteiger partial charge in [0.15, 0.2) is 5.54 Å². The van der Waals surface area contributed by atoms with E-state index in [1.54, 1.807) is 20.2 Å². The Bertz CT molecular complexity index is 569. The van der Waals surface area contributed by atoms with Crippen molar-refractivity contribution in [1.29, 1.82) is 0 Å². The zero-order valence-corrected chi connectivity index (χ0v) is 12.4. The monoisotopic (exact) mass is 292 g/mol. The number of esters is 1. The highest BCUT2D eigenvalue weighted by Gasteiger charge is 2.39. The summed E-state index contributed by atoms with van der Waals surface area (Å²) in [5.41, 5.74) is -0.230. The summed E-state index contributed by atoms with van der Waals surface area (Å²) < 4.78 is 10.0. The van der Waals surface area contributed by atoms with E-state index in [1.807, 2.05) is 29.6 Å². The smallest absolute Gasteiger partial charge is 0.338 e. The van der Waals surface area contributed by atoms with Crippen molar-refractivity contribution in [3.05, 3.63) is 40.8 Å². The van der Waals surface area contributed by atoms with Gasteiger partial charge in [-0.3, -0.25) is 0 Å². The Labute approximate surface area is 121 Å². The van der Waals surface area contributed by atoms with E-state index < -0.39 is 5.54 Å². The number of carbonyl (C=O) groups excluding carboxylic acids is 1. The third-order valence-corrected chi connectivity index (χ3v) is 3.93. The van der Waals surface area contributed by atoms with Crippen LogP contribution < -0.4 is 10.1 Å². The molecule has 5 nitrogen and oxygen atoms in total. The Morgan fingerprint density at radius 1 is 1.30 bits per heavy atom. The molecule has 1 heterocycles. The lowest BCUT2D eigenvalue weighted by atomic mass is 10.0. The highest BCUT2D eigenvalue weighted by atomic mass is 32.1. The number of methoxy groups -OCH3 is 2. The first-order valence-electron chi connectivity index (χ1n) is 6.01. The van der Waals surface area contributed by atoms with Gasteiger partial charge in [-0.2, -0.15) is 0 Å². The van der Waals surface area contributed by atoms with Gasteiger partial charge in [0.25, 0.3) is 0 Å². The van der Waals surface area contributed by atoms with Gasteiger partial charge in [0.05, 0.1) is 14.2 Å². The minimum Gasteiger partial charge on any atom is -0.497 e. The van der Waals surface area contributed by atoms with Crippen molar-refractivity contribution >= 4 is 23.0 Å². The summed E-state index contributed by atoms with van der Waals surface area (Å²) in [6.07, 6.45) is 1.66. The van der Waals surface area contributed by atoms with Gasteiger partial charge in [-0.05, 0) is 31.2 Å². The molecule has 6 heteroatoms. The summed E-state index contributed by atoms with van der Waals surface area (Å²) in [6, 6.07) is 7.32.